The third kappa shape index (κ3) is 8.44. The Bertz CT molecular complexity index is 1270. The van der Waals surface area contributed by atoms with Gasteiger partial charge in [-0.3, -0.25) is 9.59 Å². The molecule has 0 unspecified atom stereocenters. The Morgan fingerprint density at radius 2 is 1.60 bits per heavy atom. The summed E-state index contributed by atoms with van der Waals surface area (Å²) in [5, 5.41) is 20.0. The maximum atomic E-state index is 13.8. The molecular formula is C32H37F2N3O3. The van der Waals surface area contributed by atoms with Crippen molar-refractivity contribution in [3.8, 4) is 0 Å². The number of benzene rings is 3. The predicted octanol–water partition coefficient (Wildman–Crippen LogP) is 4.44. The number of aryl methyl sites for hydroxylation is 1. The zero-order valence-corrected chi connectivity index (χ0v) is 22.8. The Hall–Kier alpha value is -3.62. The van der Waals surface area contributed by atoms with Gasteiger partial charge in [0.15, 0.2) is 0 Å². The summed E-state index contributed by atoms with van der Waals surface area (Å²) in [5.74, 6) is -1.69. The molecule has 4 N–H and O–H groups in total. The first-order valence-corrected chi connectivity index (χ1v) is 13.9. The smallest absolute Gasteiger partial charge is 0.251 e. The molecule has 40 heavy (non-hydrogen) atoms. The Morgan fingerprint density at radius 3 is 2.25 bits per heavy atom. The van der Waals surface area contributed by atoms with Crippen molar-refractivity contribution in [1.82, 2.24) is 16.0 Å². The van der Waals surface area contributed by atoms with Crippen LogP contribution in [0.15, 0.2) is 66.7 Å². The molecule has 0 heterocycles. The average Bonchev–Trinajstić information content (AvgIpc) is 2.90. The van der Waals surface area contributed by atoms with Crippen LogP contribution in [-0.4, -0.2) is 35.6 Å². The third-order valence-corrected chi connectivity index (χ3v) is 7.40. The lowest BCUT2D eigenvalue weighted by atomic mass is 9.85. The second kappa shape index (κ2) is 14.1. The predicted molar refractivity (Wildman–Crippen MR) is 150 cm³/mol. The summed E-state index contributed by atoms with van der Waals surface area (Å²) in [6, 6.07) is 17.4. The molecule has 2 atom stereocenters. The van der Waals surface area contributed by atoms with Crippen LogP contribution in [0.25, 0.3) is 0 Å². The molecule has 0 bridgehead atoms. The fourth-order valence-corrected chi connectivity index (χ4v) is 4.76. The zero-order valence-electron chi connectivity index (χ0n) is 22.8. The molecule has 6 nitrogen and oxygen atoms in total. The van der Waals surface area contributed by atoms with Crippen LogP contribution in [0.5, 0.6) is 0 Å². The van der Waals surface area contributed by atoms with Gasteiger partial charge in [-0.05, 0) is 72.2 Å². The van der Waals surface area contributed by atoms with Crippen LogP contribution < -0.4 is 16.0 Å². The summed E-state index contributed by atoms with van der Waals surface area (Å²) in [5.41, 5.74) is 3.86. The third-order valence-electron chi connectivity index (χ3n) is 7.40. The van der Waals surface area contributed by atoms with Gasteiger partial charge in [-0.2, -0.15) is 0 Å². The van der Waals surface area contributed by atoms with E-state index in [9.17, 15) is 23.5 Å². The normalized spacial score (nSPS) is 14.7. The van der Waals surface area contributed by atoms with Gasteiger partial charge in [0.05, 0.1) is 12.1 Å². The first-order valence-electron chi connectivity index (χ1n) is 13.9. The molecule has 8 heteroatoms. The van der Waals surface area contributed by atoms with Gasteiger partial charge in [-0.15, -0.1) is 0 Å². The lowest BCUT2D eigenvalue weighted by Gasteiger charge is -2.25. The van der Waals surface area contributed by atoms with Crippen molar-refractivity contribution in [1.29, 1.82) is 0 Å². The van der Waals surface area contributed by atoms with Gasteiger partial charge in [0.2, 0.25) is 5.91 Å². The number of carbonyl (C=O) groups is 2. The van der Waals surface area contributed by atoms with E-state index in [-0.39, 0.29) is 24.8 Å². The summed E-state index contributed by atoms with van der Waals surface area (Å²) >= 11 is 0. The van der Waals surface area contributed by atoms with Crippen molar-refractivity contribution < 1.29 is 23.5 Å². The van der Waals surface area contributed by atoms with Gasteiger partial charge in [0, 0.05) is 37.2 Å². The van der Waals surface area contributed by atoms with Crippen LogP contribution in [0, 0.1) is 17.6 Å². The number of hydrogen-bond acceptors (Lipinski definition) is 4. The van der Waals surface area contributed by atoms with Crippen molar-refractivity contribution in [3.63, 3.8) is 0 Å². The van der Waals surface area contributed by atoms with E-state index in [1.54, 1.807) is 24.3 Å². The molecule has 3 aromatic carbocycles. The lowest BCUT2D eigenvalue weighted by molar-refractivity contribution is -0.127. The van der Waals surface area contributed by atoms with E-state index in [1.165, 1.54) is 17.7 Å². The number of amides is 2. The first kappa shape index (κ1) is 29.4. The average molecular weight is 550 g/mol. The fourth-order valence-electron chi connectivity index (χ4n) is 4.76. The monoisotopic (exact) mass is 549 g/mol. The summed E-state index contributed by atoms with van der Waals surface area (Å²) in [6.45, 7) is 3.16. The Morgan fingerprint density at radius 1 is 0.900 bits per heavy atom. The van der Waals surface area contributed by atoms with Crippen LogP contribution in [0.2, 0.25) is 0 Å². The topological polar surface area (TPSA) is 90.5 Å². The van der Waals surface area contributed by atoms with E-state index in [1.807, 2.05) is 12.1 Å². The van der Waals surface area contributed by atoms with Crippen molar-refractivity contribution in [2.45, 2.75) is 64.3 Å². The zero-order chi connectivity index (χ0) is 28.5. The number of aliphatic hydroxyl groups is 1. The van der Waals surface area contributed by atoms with Crippen LogP contribution in [0.4, 0.5) is 8.78 Å². The fraction of sp³-hybridized carbons (Fsp3) is 0.375. The molecule has 1 saturated carbocycles. The highest BCUT2D eigenvalue weighted by Gasteiger charge is 2.25. The van der Waals surface area contributed by atoms with Gasteiger partial charge in [-0.25, -0.2) is 8.78 Å². The van der Waals surface area contributed by atoms with Crippen molar-refractivity contribution in [3.05, 3.63) is 106 Å². The minimum atomic E-state index is -1.02. The summed E-state index contributed by atoms with van der Waals surface area (Å²) in [6.07, 6.45) is 2.90. The first-order chi connectivity index (χ1) is 19.3. The number of nitrogens with one attached hydrogen (secondary N) is 3. The van der Waals surface area contributed by atoms with Crippen LogP contribution in [-0.2, 0) is 30.7 Å². The van der Waals surface area contributed by atoms with Crippen molar-refractivity contribution >= 4 is 11.8 Å². The van der Waals surface area contributed by atoms with Crippen molar-refractivity contribution in [2.24, 2.45) is 5.92 Å². The second-order valence-corrected chi connectivity index (χ2v) is 10.5. The molecule has 1 aliphatic rings. The molecule has 1 aliphatic carbocycles. The van der Waals surface area contributed by atoms with E-state index >= 15 is 0 Å². The molecule has 4 rings (SSSR count). The van der Waals surface area contributed by atoms with E-state index in [2.05, 4.69) is 35.0 Å². The minimum absolute atomic E-state index is 0.0415. The number of halogens is 2. The largest absolute Gasteiger partial charge is 0.390 e. The molecule has 212 valence electrons. The number of hydrogen-bond donors (Lipinski definition) is 4. The maximum Gasteiger partial charge on any atom is 0.251 e. The van der Waals surface area contributed by atoms with E-state index in [0.29, 0.717) is 24.2 Å². The molecular weight excluding hydrogens is 512 g/mol. The van der Waals surface area contributed by atoms with Crippen LogP contribution in [0.1, 0.15) is 58.8 Å². The van der Waals surface area contributed by atoms with Gasteiger partial charge in [0.1, 0.15) is 11.6 Å². The van der Waals surface area contributed by atoms with Gasteiger partial charge >= 0.3 is 0 Å². The minimum Gasteiger partial charge on any atom is -0.390 e. The summed E-state index contributed by atoms with van der Waals surface area (Å²) in [7, 11) is 0. The highest BCUT2D eigenvalue weighted by molar-refractivity contribution is 5.94. The van der Waals surface area contributed by atoms with E-state index in [0.717, 1.165) is 42.9 Å². The van der Waals surface area contributed by atoms with E-state index < -0.39 is 29.7 Å². The molecule has 0 radical (unpaired) electrons. The highest BCUT2D eigenvalue weighted by Crippen LogP contribution is 2.26. The SMILES string of the molecule is CCc1cccc(CNC[C@@H](O)[C@H](Cc2cc(F)cc(F)c2)NC(=O)c2ccc(CNC(=O)C3CCC3)cc2)c1. The Labute approximate surface area is 234 Å². The highest BCUT2D eigenvalue weighted by atomic mass is 19.1. The number of aliphatic hydroxyl groups excluding tert-OH is 1. The Balaban J connectivity index is 1.38. The molecule has 1 fully saturated rings. The van der Waals surface area contributed by atoms with Crippen LogP contribution >= 0.6 is 0 Å². The maximum absolute atomic E-state index is 13.8. The lowest BCUT2D eigenvalue weighted by Crippen LogP contribution is -2.48. The second-order valence-electron chi connectivity index (χ2n) is 10.5. The molecule has 0 saturated heterocycles. The molecule has 2 amide bonds. The Kier molecular flexibility index (Phi) is 10.4. The number of rotatable bonds is 13. The van der Waals surface area contributed by atoms with Crippen molar-refractivity contribution in [2.75, 3.05) is 6.54 Å². The standard InChI is InChI=1S/C32H37F2N3O3/c1-2-21-5-3-6-23(13-21)18-35-20-30(38)29(16-24-14-27(33)17-28(34)15-24)37-32(40)26-11-9-22(10-12-26)19-36-31(39)25-7-4-8-25/h3,5-6,9-15,17,25,29-30,35,38H,2,4,7-8,16,18-20H2,1H3,(H,36,39)(H,37,40)/t29-,30+/m0/s1. The molecule has 0 spiro atoms. The molecule has 0 aliphatic heterocycles. The molecule has 3 aromatic rings. The summed E-state index contributed by atoms with van der Waals surface area (Å²) in [4.78, 5) is 25.2. The van der Waals surface area contributed by atoms with Gasteiger partial charge in [0.25, 0.3) is 5.91 Å². The van der Waals surface area contributed by atoms with E-state index in [4.69, 9.17) is 0 Å². The quantitative estimate of drug-likeness (QED) is 0.254. The van der Waals surface area contributed by atoms with Gasteiger partial charge in [-0.1, -0.05) is 49.7 Å². The summed E-state index contributed by atoms with van der Waals surface area (Å²) < 4.78 is 27.7. The van der Waals surface area contributed by atoms with Gasteiger partial charge < -0.3 is 21.1 Å². The molecule has 0 aromatic heterocycles. The number of carbonyl (C=O) groups excluding carboxylic acids is 2. The van der Waals surface area contributed by atoms with Crippen LogP contribution in [0.3, 0.4) is 0 Å².